The van der Waals surface area contributed by atoms with Crippen molar-refractivity contribution in [3.8, 4) is 0 Å². The summed E-state index contributed by atoms with van der Waals surface area (Å²) in [5.41, 5.74) is 2.55. The van der Waals surface area contributed by atoms with Crippen LogP contribution in [0, 0.1) is 5.92 Å². The zero-order valence-electron chi connectivity index (χ0n) is 18.4. The second-order valence-electron chi connectivity index (χ2n) is 8.76. The summed E-state index contributed by atoms with van der Waals surface area (Å²) >= 11 is 0. The number of benzene rings is 1. The number of hydrogen-bond donors (Lipinski definition) is 0. The summed E-state index contributed by atoms with van der Waals surface area (Å²) in [6, 6.07) is 9.81. The van der Waals surface area contributed by atoms with Gasteiger partial charge in [0.25, 0.3) is 0 Å². The molecule has 0 N–H and O–H groups in total. The molecule has 0 aliphatic heterocycles. The maximum Gasteiger partial charge on any atom is 0.0382 e. The predicted octanol–water partition coefficient (Wildman–Crippen LogP) is 6.51. The van der Waals surface area contributed by atoms with Crippen LogP contribution in [0.15, 0.2) is 24.3 Å². The Balaban J connectivity index is 0.000000526. The number of nitrogens with zero attached hydrogens (tertiary/aromatic N) is 1. The molecule has 2 aliphatic carbocycles. The molecule has 1 aromatic rings. The summed E-state index contributed by atoms with van der Waals surface area (Å²) in [6.45, 7) is 9.73. The molecule has 0 saturated heterocycles. The van der Waals surface area contributed by atoms with Crippen LogP contribution in [0.4, 0.5) is 0 Å². The van der Waals surface area contributed by atoms with E-state index in [0.29, 0.717) is 6.04 Å². The molecule has 4 heteroatoms. The van der Waals surface area contributed by atoms with Crippen molar-refractivity contribution in [2.45, 2.75) is 63.1 Å². The average Bonchev–Trinajstić information content (AvgIpc) is 3.30. The summed E-state index contributed by atoms with van der Waals surface area (Å²) in [5, 5.41) is 1.60. The van der Waals surface area contributed by atoms with Crippen molar-refractivity contribution in [3.05, 3.63) is 29.8 Å². The molecule has 2 fully saturated rings. The Labute approximate surface area is 182 Å². The molecule has 3 atom stereocenters. The third-order valence-electron chi connectivity index (χ3n) is 6.14. The average molecular weight is 449 g/mol. The summed E-state index contributed by atoms with van der Waals surface area (Å²) in [4.78, 5) is 2.49. The zero-order chi connectivity index (χ0) is 19.1. The topological polar surface area (TPSA) is 3.24 Å². The van der Waals surface area contributed by atoms with E-state index in [1.54, 1.807) is 10.9 Å². The first-order valence-electron chi connectivity index (χ1n) is 10.5. The molecule has 2 unspecified atom stereocenters. The fraction of sp³-hybridized carbons (Fsp3) is 0.739. The van der Waals surface area contributed by atoms with Crippen molar-refractivity contribution in [2.75, 3.05) is 40.8 Å². The fourth-order valence-corrected chi connectivity index (χ4v) is 7.78. The van der Waals surface area contributed by atoms with Crippen LogP contribution >= 0.6 is 15.8 Å². The van der Waals surface area contributed by atoms with Crippen molar-refractivity contribution in [3.63, 3.8) is 0 Å². The van der Waals surface area contributed by atoms with E-state index >= 15 is 0 Å². The van der Waals surface area contributed by atoms with E-state index in [1.807, 2.05) is 0 Å². The van der Waals surface area contributed by atoms with Crippen LogP contribution < -0.4 is 5.30 Å². The summed E-state index contributed by atoms with van der Waals surface area (Å²) in [5.74, 6) is 0.845. The van der Waals surface area contributed by atoms with Crippen LogP contribution in [0.25, 0.3) is 0 Å². The van der Waals surface area contributed by atoms with E-state index in [-0.39, 0.29) is 32.9 Å². The van der Waals surface area contributed by atoms with E-state index in [2.05, 4.69) is 69.9 Å². The van der Waals surface area contributed by atoms with Crippen molar-refractivity contribution < 1.29 is 17.1 Å². The summed E-state index contributed by atoms with van der Waals surface area (Å²) < 4.78 is 0. The van der Waals surface area contributed by atoms with Crippen LogP contribution in [-0.4, -0.2) is 51.3 Å². The molecule has 0 spiro atoms. The SMILES string of the molecule is C1CCCC1.CN(C)[C@H](c1ccccc1P(C)C)C1CCCC1P(C)C.[Fe]. The maximum atomic E-state index is 2.49. The van der Waals surface area contributed by atoms with E-state index in [1.165, 1.54) is 51.4 Å². The van der Waals surface area contributed by atoms with E-state index in [4.69, 9.17) is 0 Å². The summed E-state index contributed by atoms with van der Waals surface area (Å²) in [6.07, 6.45) is 11.8. The van der Waals surface area contributed by atoms with Gasteiger partial charge >= 0.3 is 0 Å². The second kappa shape index (κ2) is 13.0. The summed E-state index contributed by atoms with van der Waals surface area (Å²) in [7, 11) is 4.68. The van der Waals surface area contributed by atoms with Gasteiger partial charge < -0.3 is 4.90 Å². The Hall–Kier alpha value is 0.559. The first-order chi connectivity index (χ1) is 12.4. The van der Waals surface area contributed by atoms with Crippen molar-refractivity contribution in [2.24, 2.45) is 5.92 Å². The Morgan fingerprint density at radius 1 is 0.852 bits per heavy atom. The first-order valence-corrected chi connectivity index (χ1v) is 15.1. The largest absolute Gasteiger partial charge is 0.302 e. The van der Waals surface area contributed by atoms with Crippen LogP contribution in [0.1, 0.15) is 63.0 Å². The minimum Gasteiger partial charge on any atom is -0.302 e. The van der Waals surface area contributed by atoms with Crippen molar-refractivity contribution >= 4 is 21.1 Å². The van der Waals surface area contributed by atoms with Crippen LogP contribution in [-0.2, 0) is 17.1 Å². The Bertz CT molecular complexity index is 521. The van der Waals surface area contributed by atoms with Gasteiger partial charge in [-0.05, 0) is 76.0 Å². The molecule has 156 valence electrons. The monoisotopic (exact) mass is 449 g/mol. The molecule has 0 heterocycles. The predicted molar refractivity (Wildman–Crippen MR) is 124 cm³/mol. The number of hydrogen-bond acceptors (Lipinski definition) is 1. The van der Waals surface area contributed by atoms with Gasteiger partial charge in [-0.1, -0.05) is 70.7 Å². The van der Waals surface area contributed by atoms with Crippen LogP contribution in [0.3, 0.4) is 0 Å². The van der Waals surface area contributed by atoms with Gasteiger partial charge in [-0.25, -0.2) is 0 Å². The third kappa shape index (κ3) is 7.39. The first kappa shape index (κ1) is 25.6. The standard InChI is InChI=1S/C18H31NP2.C5H10.Fe/c1-19(2)18(15-11-9-13-17(15)21(5)6)14-10-7-8-12-16(14)20(3)4;1-2-4-5-3-1;/h7-8,10,12,15,17-18H,9,11,13H2,1-6H3;1-5H2;/t15?,17?,18-;;/m1../s1. The third-order valence-corrected chi connectivity index (χ3v) is 9.48. The van der Waals surface area contributed by atoms with Crippen molar-refractivity contribution in [1.82, 2.24) is 4.90 Å². The molecular weight excluding hydrogens is 408 g/mol. The second-order valence-corrected chi connectivity index (χ2v) is 13.6. The van der Waals surface area contributed by atoms with Crippen LogP contribution in [0.5, 0.6) is 0 Å². The van der Waals surface area contributed by atoms with Gasteiger partial charge in [0.2, 0.25) is 0 Å². The van der Waals surface area contributed by atoms with Crippen LogP contribution in [0.2, 0.25) is 0 Å². The molecule has 27 heavy (non-hydrogen) atoms. The minimum absolute atomic E-state index is 0. The van der Waals surface area contributed by atoms with Gasteiger partial charge in [-0.3, -0.25) is 0 Å². The fourth-order valence-electron chi connectivity index (χ4n) is 4.90. The van der Waals surface area contributed by atoms with E-state index < -0.39 is 0 Å². The van der Waals surface area contributed by atoms with Gasteiger partial charge in [0.05, 0.1) is 0 Å². The maximum absolute atomic E-state index is 2.49. The van der Waals surface area contributed by atoms with E-state index in [9.17, 15) is 0 Å². The van der Waals surface area contributed by atoms with Gasteiger partial charge in [0.15, 0.2) is 0 Å². The molecule has 1 nitrogen and oxygen atoms in total. The molecule has 0 amide bonds. The molecule has 2 saturated carbocycles. The molecule has 3 rings (SSSR count). The normalized spacial score (nSPS) is 23.3. The Morgan fingerprint density at radius 3 is 1.89 bits per heavy atom. The minimum atomic E-state index is -0.0389. The molecule has 0 radical (unpaired) electrons. The smallest absolute Gasteiger partial charge is 0.0382 e. The molecule has 1 aromatic carbocycles. The van der Waals surface area contributed by atoms with Gasteiger partial charge in [-0.2, -0.15) is 0 Å². The quantitative estimate of drug-likeness (QED) is 0.366. The Kier molecular flexibility index (Phi) is 12.3. The van der Waals surface area contributed by atoms with Gasteiger partial charge in [0, 0.05) is 23.1 Å². The molecule has 2 aliphatic rings. The zero-order valence-corrected chi connectivity index (χ0v) is 21.3. The Morgan fingerprint density at radius 2 is 1.41 bits per heavy atom. The van der Waals surface area contributed by atoms with Gasteiger partial charge in [0.1, 0.15) is 0 Å². The molecular formula is C23H41FeNP2. The number of rotatable bonds is 5. The van der Waals surface area contributed by atoms with Crippen molar-refractivity contribution in [1.29, 1.82) is 0 Å². The molecule has 0 bridgehead atoms. The van der Waals surface area contributed by atoms with Gasteiger partial charge in [-0.15, -0.1) is 7.92 Å². The van der Waals surface area contributed by atoms with E-state index in [0.717, 1.165) is 11.6 Å². The molecule has 0 aromatic heterocycles.